The van der Waals surface area contributed by atoms with Crippen LogP contribution in [-0.2, 0) is 4.79 Å². The van der Waals surface area contributed by atoms with E-state index in [2.05, 4.69) is 5.32 Å². The number of benzene rings is 2. The lowest BCUT2D eigenvalue weighted by molar-refractivity contribution is -0.114. The third-order valence-electron chi connectivity index (χ3n) is 2.77. The molecule has 0 saturated carbocycles. The van der Waals surface area contributed by atoms with Gasteiger partial charge in [-0.2, -0.15) is 0 Å². The predicted molar refractivity (Wildman–Crippen MR) is 81.9 cm³/mol. The molecule has 3 nitrogen and oxygen atoms in total. The summed E-state index contributed by atoms with van der Waals surface area (Å²) in [5.74, 6) is -0.0703. The first-order valence-corrected chi connectivity index (χ1v) is 7.20. The Hall–Kier alpha value is -1.78. The number of hydrogen-bond donors (Lipinski definition) is 2. The zero-order valence-electron chi connectivity index (χ0n) is 11.5. The Balaban J connectivity index is 2.04. The molecule has 2 rings (SSSR count). The Morgan fingerprint density at radius 2 is 1.55 bits per heavy atom. The molecule has 1 amide bonds. The van der Waals surface area contributed by atoms with Gasteiger partial charge in [-0.05, 0) is 48.9 Å². The molecule has 2 aromatic rings. The molecule has 4 heteroatoms. The van der Waals surface area contributed by atoms with Gasteiger partial charge in [-0.3, -0.25) is 4.79 Å². The molecule has 1 unspecified atom stereocenters. The Kier molecular flexibility index (Phi) is 4.82. The fourth-order valence-corrected chi connectivity index (χ4v) is 2.58. The van der Waals surface area contributed by atoms with Crippen LogP contribution in [0.15, 0.2) is 58.3 Å². The van der Waals surface area contributed by atoms with Gasteiger partial charge in [0.25, 0.3) is 0 Å². The van der Waals surface area contributed by atoms with Gasteiger partial charge in [0.2, 0.25) is 5.91 Å². The summed E-state index contributed by atoms with van der Waals surface area (Å²) in [5.41, 5.74) is 1.71. The smallest absolute Gasteiger partial charge is 0.221 e. The Bertz CT molecular complexity index is 576. The third kappa shape index (κ3) is 4.11. The minimum atomic E-state index is -0.439. The molecule has 104 valence electrons. The summed E-state index contributed by atoms with van der Waals surface area (Å²) in [5, 5.41) is 12.2. The van der Waals surface area contributed by atoms with Crippen LogP contribution in [0, 0.1) is 0 Å². The maximum atomic E-state index is 10.9. The second-order valence-electron chi connectivity index (χ2n) is 4.55. The van der Waals surface area contributed by atoms with E-state index in [-0.39, 0.29) is 5.91 Å². The van der Waals surface area contributed by atoms with Gasteiger partial charge >= 0.3 is 0 Å². The molecule has 0 saturated heterocycles. The molecule has 0 aliphatic rings. The molecule has 0 heterocycles. The van der Waals surface area contributed by atoms with Crippen LogP contribution in [0.25, 0.3) is 0 Å². The minimum Gasteiger partial charge on any atom is -0.389 e. The van der Waals surface area contributed by atoms with Crippen LogP contribution in [0.5, 0.6) is 0 Å². The number of aliphatic hydroxyl groups is 1. The summed E-state index contributed by atoms with van der Waals surface area (Å²) in [4.78, 5) is 13.2. The van der Waals surface area contributed by atoms with Gasteiger partial charge in [0.15, 0.2) is 0 Å². The van der Waals surface area contributed by atoms with E-state index >= 15 is 0 Å². The summed E-state index contributed by atoms with van der Waals surface area (Å²) in [6.07, 6.45) is -0.439. The lowest BCUT2D eigenvalue weighted by atomic mass is 10.1. The molecule has 1 atom stereocenters. The number of carbonyl (C=O) groups is 1. The van der Waals surface area contributed by atoms with E-state index in [0.717, 1.165) is 21.0 Å². The highest BCUT2D eigenvalue weighted by molar-refractivity contribution is 7.99. The Morgan fingerprint density at radius 3 is 2.00 bits per heavy atom. The third-order valence-corrected chi connectivity index (χ3v) is 3.79. The predicted octanol–water partition coefficient (Wildman–Crippen LogP) is 3.85. The molecule has 0 aliphatic heterocycles. The highest BCUT2D eigenvalue weighted by Gasteiger charge is 2.02. The second-order valence-corrected chi connectivity index (χ2v) is 5.70. The first-order chi connectivity index (χ1) is 9.54. The first-order valence-electron chi connectivity index (χ1n) is 6.38. The van der Waals surface area contributed by atoms with Gasteiger partial charge in [0.05, 0.1) is 6.10 Å². The molecular weight excluding hydrogens is 270 g/mol. The minimum absolute atomic E-state index is 0.0703. The lowest BCUT2D eigenvalue weighted by Crippen LogP contribution is -2.05. The number of anilines is 1. The SMILES string of the molecule is CC(=O)Nc1ccc(Sc2ccc(C(C)O)cc2)cc1. The lowest BCUT2D eigenvalue weighted by Gasteiger charge is -2.07. The van der Waals surface area contributed by atoms with Crippen molar-refractivity contribution >= 4 is 23.4 Å². The number of amides is 1. The Labute approximate surface area is 123 Å². The summed E-state index contributed by atoms with van der Waals surface area (Å²) >= 11 is 1.64. The van der Waals surface area contributed by atoms with Crippen LogP contribution in [-0.4, -0.2) is 11.0 Å². The second kappa shape index (κ2) is 6.59. The van der Waals surface area contributed by atoms with Crippen molar-refractivity contribution in [2.24, 2.45) is 0 Å². The van der Waals surface area contributed by atoms with E-state index in [9.17, 15) is 9.90 Å². The van der Waals surface area contributed by atoms with Crippen molar-refractivity contribution in [3.63, 3.8) is 0 Å². The quantitative estimate of drug-likeness (QED) is 0.898. The van der Waals surface area contributed by atoms with E-state index in [0.29, 0.717) is 0 Å². The van der Waals surface area contributed by atoms with Crippen molar-refractivity contribution in [3.05, 3.63) is 54.1 Å². The fourth-order valence-electron chi connectivity index (χ4n) is 1.76. The zero-order chi connectivity index (χ0) is 14.5. The summed E-state index contributed by atoms with van der Waals surface area (Å²) in [6.45, 7) is 3.25. The van der Waals surface area contributed by atoms with Crippen LogP contribution in [0.3, 0.4) is 0 Å². The van der Waals surface area contributed by atoms with Crippen LogP contribution < -0.4 is 5.32 Å². The van der Waals surface area contributed by atoms with Crippen LogP contribution in [0.2, 0.25) is 0 Å². The van der Waals surface area contributed by atoms with E-state index < -0.39 is 6.10 Å². The van der Waals surface area contributed by atoms with Gasteiger partial charge in [-0.15, -0.1) is 0 Å². The van der Waals surface area contributed by atoms with Gasteiger partial charge in [0, 0.05) is 22.4 Å². The van der Waals surface area contributed by atoms with Gasteiger partial charge in [0.1, 0.15) is 0 Å². The average molecular weight is 287 g/mol. The molecule has 2 N–H and O–H groups in total. The number of hydrogen-bond acceptors (Lipinski definition) is 3. The molecule has 0 aliphatic carbocycles. The Morgan fingerprint density at radius 1 is 1.05 bits per heavy atom. The standard InChI is InChI=1S/C16H17NO2S/c1-11(18)13-3-7-15(8-4-13)20-16-9-5-14(6-10-16)17-12(2)19/h3-11,18H,1-2H3,(H,17,19). The normalized spacial score (nSPS) is 11.9. The average Bonchev–Trinajstić information content (AvgIpc) is 2.41. The van der Waals surface area contributed by atoms with E-state index in [4.69, 9.17) is 0 Å². The zero-order valence-corrected chi connectivity index (χ0v) is 12.3. The van der Waals surface area contributed by atoms with Crippen molar-refractivity contribution in [2.75, 3.05) is 5.32 Å². The van der Waals surface area contributed by atoms with E-state index in [1.807, 2.05) is 48.5 Å². The van der Waals surface area contributed by atoms with Crippen molar-refractivity contribution in [1.29, 1.82) is 0 Å². The first kappa shape index (κ1) is 14.6. The van der Waals surface area contributed by atoms with Crippen LogP contribution in [0.4, 0.5) is 5.69 Å². The summed E-state index contributed by atoms with van der Waals surface area (Å²) in [6, 6.07) is 15.6. The molecule has 20 heavy (non-hydrogen) atoms. The fraction of sp³-hybridized carbons (Fsp3) is 0.188. The van der Waals surface area contributed by atoms with Crippen molar-refractivity contribution < 1.29 is 9.90 Å². The number of aliphatic hydroxyl groups excluding tert-OH is 1. The molecule has 2 aromatic carbocycles. The monoisotopic (exact) mass is 287 g/mol. The maximum absolute atomic E-state index is 10.9. The highest BCUT2D eigenvalue weighted by Crippen LogP contribution is 2.29. The highest BCUT2D eigenvalue weighted by atomic mass is 32.2. The number of rotatable bonds is 4. The van der Waals surface area contributed by atoms with Crippen LogP contribution >= 0.6 is 11.8 Å². The topological polar surface area (TPSA) is 49.3 Å². The van der Waals surface area contributed by atoms with Gasteiger partial charge < -0.3 is 10.4 Å². The molecular formula is C16H17NO2S. The summed E-state index contributed by atoms with van der Waals surface area (Å²) in [7, 11) is 0. The molecule has 0 fully saturated rings. The molecule has 0 spiro atoms. The number of nitrogens with one attached hydrogen (secondary N) is 1. The maximum Gasteiger partial charge on any atom is 0.221 e. The van der Waals surface area contributed by atoms with E-state index in [1.54, 1.807) is 18.7 Å². The molecule has 0 radical (unpaired) electrons. The van der Waals surface area contributed by atoms with Gasteiger partial charge in [-0.1, -0.05) is 23.9 Å². The van der Waals surface area contributed by atoms with Gasteiger partial charge in [-0.25, -0.2) is 0 Å². The van der Waals surface area contributed by atoms with Crippen molar-refractivity contribution in [2.45, 2.75) is 29.7 Å². The molecule has 0 bridgehead atoms. The van der Waals surface area contributed by atoms with Crippen LogP contribution in [0.1, 0.15) is 25.5 Å². The largest absolute Gasteiger partial charge is 0.389 e. The van der Waals surface area contributed by atoms with Crippen molar-refractivity contribution in [3.8, 4) is 0 Å². The molecule has 0 aromatic heterocycles. The summed E-state index contributed by atoms with van der Waals surface area (Å²) < 4.78 is 0. The number of carbonyl (C=O) groups excluding carboxylic acids is 1. The van der Waals surface area contributed by atoms with Crippen molar-refractivity contribution in [1.82, 2.24) is 0 Å². The van der Waals surface area contributed by atoms with E-state index in [1.165, 1.54) is 6.92 Å².